The van der Waals surface area contributed by atoms with Crippen LogP contribution in [0.15, 0.2) is 48.5 Å². The molecule has 0 spiro atoms. The zero-order chi connectivity index (χ0) is 15.2. The second kappa shape index (κ2) is 7.23. The highest BCUT2D eigenvalue weighted by Crippen LogP contribution is 2.24. The number of ether oxygens (including phenoxy) is 1. The molecule has 0 aliphatic carbocycles. The number of halogens is 1. The van der Waals surface area contributed by atoms with Crippen LogP contribution < -0.4 is 10.1 Å². The van der Waals surface area contributed by atoms with Gasteiger partial charge in [-0.05, 0) is 55.8 Å². The molecular weight excluding hydrogens is 265 g/mol. The largest absolute Gasteiger partial charge is 0.491 e. The maximum atomic E-state index is 13.1. The SMILES string of the molecule is CCNC(c1ccc(F)cc1)c1ccc(OC(C)C)cc1. The smallest absolute Gasteiger partial charge is 0.123 e. The van der Waals surface area contributed by atoms with E-state index in [0.717, 1.165) is 23.4 Å². The first-order valence-electron chi connectivity index (χ1n) is 7.35. The molecule has 1 N–H and O–H groups in total. The molecule has 0 fully saturated rings. The molecule has 0 aromatic heterocycles. The van der Waals surface area contributed by atoms with Crippen LogP contribution in [0.2, 0.25) is 0 Å². The number of nitrogens with one attached hydrogen (secondary N) is 1. The Hall–Kier alpha value is -1.87. The van der Waals surface area contributed by atoms with Gasteiger partial charge in [-0.3, -0.25) is 0 Å². The number of hydrogen-bond donors (Lipinski definition) is 1. The highest BCUT2D eigenvalue weighted by atomic mass is 19.1. The Labute approximate surface area is 126 Å². The predicted molar refractivity (Wildman–Crippen MR) is 84.1 cm³/mol. The van der Waals surface area contributed by atoms with Gasteiger partial charge in [0.05, 0.1) is 12.1 Å². The third-order valence-corrected chi connectivity index (χ3v) is 3.20. The number of rotatable bonds is 6. The molecule has 0 aliphatic heterocycles. The molecular formula is C18H22FNO. The first kappa shape index (κ1) is 15.5. The summed E-state index contributed by atoms with van der Waals surface area (Å²) in [6.07, 6.45) is 0.164. The van der Waals surface area contributed by atoms with E-state index in [0.29, 0.717) is 0 Å². The van der Waals surface area contributed by atoms with Crippen LogP contribution in [0.25, 0.3) is 0 Å². The summed E-state index contributed by atoms with van der Waals surface area (Å²) in [6, 6.07) is 14.7. The van der Waals surface area contributed by atoms with E-state index in [-0.39, 0.29) is 18.0 Å². The molecule has 0 radical (unpaired) electrons. The van der Waals surface area contributed by atoms with E-state index in [1.807, 2.05) is 50.2 Å². The van der Waals surface area contributed by atoms with E-state index >= 15 is 0 Å². The lowest BCUT2D eigenvalue weighted by molar-refractivity contribution is 0.242. The van der Waals surface area contributed by atoms with E-state index in [1.165, 1.54) is 12.1 Å². The lowest BCUT2D eigenvalue weighted by Crippen LogP contribution is -2.22. The summed E-state index contributed by atoms with van der Waals surface area (Å²) in [7, 11) is 0. The van der Waals surface area contributed by atoms with Crippen molar-refractivity contribution in [2.75, 3.05) is 6.54 Å². The third kappa shape index (κ3) is 4.30. The predicted octanol–water partition coefficient (Wildman–Crippen LogP) is 4.31. The van der Waals surface area contributed by atoms with Gasteiger partial charge in [0.2, 0.25) is 0 Å². The summed E-state index contributed by atoms with van der Waals surface area (Å²) < 4.78 is 18.7. The van der Waals surface area contributed by atoms with Crippen molar-refractivity contribution in [1.29, 1.82) is 0 Å². The van der Waals surface area contributed by atoms with Crippen LogP contribution >= 0.6 is 0 Å². The van der Waals surface area contributed by atoms with Crippen LogP contribution in [0.3, 0.4) is 0 Å². The molecule has 3 heteroatoms. The van der Waals surface area contributed by atoms with E-state index < -0.39 is 0 Å². The summed E-state index contributed by atoms with van der Waals surface area (Å²) in [6.45, 7) is 6.92. The monoisotopic (exact) mass is 287 g/mol. The fourth-order valence-corrected chi connectivity index (χ4v) is 2.30. The normalized spacial score (nSPS) is 12.4. The van der Waals surface area contributed by atoms with Gasteiger partial charge < -0.3 is 10.1 Å². The molecule has 21 heavy (non-hydrogen) atoms. The Morgan fingerprint density at radius 1 is 0.952 bits per heavy atom. The molecule has 112 valence electrons. The summed E-state index contributed by atoms with van der Waals surface area (Å²) in [5.74, 6) is 0.651. The lowest BCUT2D eigenvalue weighted by Gasteiger charge is -2.19. The Morgan fingerprint density at radius 3 is 1.95 bits per heavy atom. The minimum Gasteiger partial charge on any atom is -0.491 e. The van der Waals surface area contributed by atoms with Gasteiger partial charge in [-0.2, -0.15) is 0 Å². The Morgan fingerprint density at radius 2 is 1.48 bits per heavy atom. The molecule has 2 rings (SSSR count). The van der Waals surface area contributed by atoms with Gasteiger partial charge in [0.1, 0.15) is 11.6 Å². The molecule has 2 aromatic rings. The van der Waals surface area contributed by atoms with Crippen molar-refractivity contribution in [3.63, 3.8) is 0 Å². The van der Waals surface area contributed by atoms with Crippen molar-refractivity contribution >= 4 is 0 Å². The molecule has 0 heterocycles. The maximum absolute atomic E-state index is 13.1. The van der Waals surface area contributed by atoms with Crippen molar-refractivity contribution in [3.05, 3.63) is 65.5 Å². The average molecular weight is 287 g/mol. The Kier molecular flexibility index (Phi) is 5.34. The van der Waals surface area contributed by atoms with Crippen LogP contribution in [-0.4, -0.2) is 12.6 Å². The van der Waals surface area contributed by atoms with Crippen LogP contribution in [0.5, 0.6) is 5.75 Å². The van der Waals surface area contributed by atoms with Crippen molar-refractivity contribution in [1.82, 2.24) is 5.32 Å². The maximum Gasteiger partial charge on any atom is 0.123 e. The number of hydrogen-bond acceptors (Lipinski definition) is 2. The fraction of sp³-hybridized carbons (Fsp3) is 0.333. The molecule has 0 saturated heterocycles. The van der Waals surface area contributed by atoms with E-state index in [2.05, 4.69) is 12.2 Å². The minimum atomic E-state index is -0.213. The van der Waals surface area contributed by atoms with Crippen molar-refractivity contribution in [3.8, 4) is 5.75 Å². The standard InChI is InChI=1S/C18H22FNO/c1-4-20-18(14-5-9-16(19)10-6-14)15-7-11-17(12-8-15)21-13(2)3/h5-13,18,20H,4H2,1-3H3. The molecule has 1 atom stereocenters. The summed E-state index contributed by atoms with van der Waals surface area (Å²) in [4.78, 5) is 0. The van der Waals surface area contributed by atoms with E-state index in [1.54, 1.807) is 0 Å². The Bertz CT molecular complexity index is 548. The van der Waals surface area contributed by atoms with Crippen molar-refractivity contribution in [2.45, 2.75) is 32.9 Å². The van der Waals surface area contributed by atoms with Gasteiger partial charge >= 0.3 is 0 Å². The second-order valence-electron chi connectivity index (χ2n) is 5.28. The Balaban J connectivity index is 2.23. The zero-order valence-electron chi connectivity index (χ0n) is 12.8. The topological polar surface area (TPSA) is 21.3 Å². The molecule has 1 unspecified atom stereocenters. The molecule has 0 aliphatic rings. The molecule has 0 bridgehead atoms. The minimum absolute atomic E-state index is 0.0590. The zero-order valence-corrected chi connectivity index (χ0v) is 12.8. The molecule has 2 nitrogen and oxygen atoms in total. The van der Waals surface area contributed by atoms with Crippen molar-refractivity contribution in [2.24, 2.45) is 0 Å². The highest BCUT2D eigenvalue weighted by molar-refractivity contribution is 5.35. The van der Waals surface area contributed by atoms with Gasteiger partial charge in [0.25, 0.3) is 0 Å². The molecule has 2 aromatic carbocycles. The second-order valence-corrected chi connectivity index (χ2v) is 5.28. The highest BCUT2D eigenvalue weighted by Gasteiger charge is 2.13. The van der Waals surface area contributed by atoms with Gasteiger partial charge in [0.15, 0.2) is 0 Å². The van der Waals surface area contributed by atoms with Crippen molar-refractivity contribution < 1.29 is 9.13 Å². The van der Waals surface area contributed by atoms with Gasteiger partial charge in [0, 0.05) is 0 Å². The fourth-order valence-electron chi connectivity index (χ4n) is 2.30. The first-order chi connectivity index (χ1) is 10.1. The van der Waals surface area contributed by atoms with Gasteiger partial charge in [-0.25, -0.2) is 4.39 Å². The van der Waals surface area contributed by atoms with Crippen LogP contribution in [0, 0.1) is 5.82 Å². The first-order valence-corrected chi connectivity index (χ1v) is 7.35. The summed E-state index contributed by atoms with van der Waals surface area (Å²) in [5.41, 5.74) is 2.19. The molecule has 0 saturated carbocycles. The van der Waals surface area contributed by atoms with E-state index in [9.17, 15) is 4.39 Å². The average Bonchev–Trinajstić information content (AvgIpc) is 2.46. The summed E-state index contributed by atoms with van der Waals surface area (Å²) >= 11 is 0. The molecule has 0 amide bonds. The third-order valence-electron chi connectivity index (χ3n) is 3.20. The van der Waals surface area contributed by atoms with Crippen LogP contribution in [-0.2, 0) is 0 Å². The van der Waals surface area contributed by atoms with Crippen LogP contribution in [0.1, 0.15) is 37.9 Å². The van der Waals surface area contributed by atoms with E-state index in [4.69, 9.17) is 4.74 Å². The quantitative estimate of drug-likeness (QED) is 0.854. The van der Waals surface area contributed by atoms with Crippen LogP contribution in [0.4, 0.5) is 4.39 Å². The lowest BCUT2D eigenvalue weighted by atomic mass is 9.98. The summed E-state index contributed by atoms with van der Waals surface area (Å²) in [5, 5.41) is 3.43. The number of benzene rings is 2. The van der Waals surface area contributed by atoms with Gasteiger partial charge in [-0.15, -0.1) is 0 Å². The van der Waals surface area contributed by atoms with Gasteiger partial charge in [-0.1, -0.05) is 31.2 Å².